The molecule has 4 fully saturated rings. The number of nitrogens with zero attached hydrogens (tertiary/aromatic N) is 1. The quantitative estimate of drug-likeness (QED) is 0.716. The average molecular weight is 235 g/mol. The summed E-state index contributed by atoms with van der Waals surface area (Å²) >= 11 is 0. The average Bonchev–Trinajstić information content (AvgIpc) is 2.29. The van der Waals surface area contributed by atoms with Crippen LogP contribution < -0.4 is 0 Å². The first-order chi connectivity index (χ1) is 8.08. The van der Waals surface area contributed by atoms with Gasteiger partial charge in [0.1, 0.15) is 0 Å². The Morgan fingerprint density at radius 3 is 1.88 bits per heavy atom. The topological polar surface area (TPSA) is 3.24 Å². The van der Waals surface area contributed by atoms with E-state index in [4.69, 9.17) is 0 Å². The Labute approximate surface area is 107 Å². The van der Waals surface area contributed by atoms with Crippen LogP contribution in [0, 0.1) is 23.2 Å². The number of hydrogen-bond donors (Lipinski definition) is 0. The zero-order chi connectivity index (χ0) is 12.3. The van der Waals surface area contributed by atoms with Crippen molar-refractivity contribution >= 4 is 0 Å². The van der Waals surface area contributed by atoms with Crippen molar-refractivity contribution in [2.45, 2.75) is 64.3 Å². The van der Waals surface area contributed by atoms with Crippen LogP contribution in [0.25, 0.3) is 0 Å². The van der Waals surface area contributed by atoms with Crippen molar-refractivity contribution in [3.05, 3.63) is 0 Å². The van der Waals surface area contributed by atoms with Gasteiger partial charge < -0.3 is 4.90 Å². The second-order valence-corrected chi connectivity index (χ2v) is 7.33. The molecule has 0 heterocycles. The molecule has 0 radical (unpaired) electrons. The van der Waals surface area contributed by atoms with Gasteiger partial charge in [-0.3, -0.25) is 0 Å². The van der Waals surface area contributed by atoms with E-state index in [1.54, 1.807) is 19.3 Å². The fourth-order valence-corrected chi connectivity index (χ4v) is 6.47. The van der Waals surface area contributed by atoms with Gasteiger partial charge in [0.15, 0.2) is 0 Å². The van der Waals surface area contributed by atoms with Crippen molar-refractivity contribution in [2.24, 2.45) is 23.2 Å². The first-order valence-corrected chi connectivity index (χ1v) is 7.75. The van der Waals surface area contributed by atoms with E-state index in [0.717, 1.165) is 17.8 Å². The molecule has 4 bridgehead atoms. The normalized spacial score (nSPS) is 46.8. The van der Waals surface area contributed by atoms with Crippen LogP contribution in [0.1, 0.15) is 58.8 Å². The minimum atomic E-state index is 0.547. The van der Waals surface area contributed by atoms with Gasteiger partial charge in [-0.05, 0) is 82.2 Å². The standard InChI is InChI=1S/C16H29N/c1-5-15(6-2)14-8-12-7-13(9-14)11-16(15,10-12)17(3)4/h12-14H,5-11H2,1-4H3. The van der Waals surface area contributed by atoms with Crippen LogP contribution in [0.15, 0.2) is 0 Å². The van der Waals surface area contributed by atoms with E-state index in [9.17, 15) is 0 Å². The first kappa shape index (κ1) is 12.0. The Bertz CT molecular complexity index is 289. The zero-order valence-corrected chi connectivity index (χ0v) is 12.1. The molecule has 2 atom stereocenters. The predicted octanol–water partition coefficient (Wildman–Crippen LogP) is 3.93. The third kappa shape index (κ3) is 1.30. The van der Waals surface area contributed by atoms with Crippen molar-refractivity contribution in [3.8, 4) is 0 Å². The van der Waals surface area contributed by atoms with E-state index in [1.807, 2.05) is 0 Å². The molecular weight excluding hydrogens is 206 g/mol. The fraction of sp³-hybridized carbons (Fsp3) is 1.00. The van der Waals surface area contributed by atoms with Crippen LogP contribution in [0.5, 0.6) is 0 Å². The van der Waals surface area contributed by atoms with Gasteiger partial charge in [0.05, 0.1) is 0 Å². The second kappa shape index (κ2) is 3.73. The lowest BCUT2D eigenvalue weighted by Crippen LogP contribution is -2.69. The van der Waals surface area contributed by atoms with Gasteiger partial charge >= 0.3 is 0 Å². The van der Waals surface area contributed by atoms with Crippen molar-refractivity contribution < 1.29 is 0 Å². The summed E-state index contributed by atoms with van der Waals surface area (Å²) in [5.41, 5.74) is 1.18. The summed E-state index contributed by atoms with van der Waals surface area (Å²) in [4.78, 5) is 2.63. The Morgan fingerprint density at radius 1 is 0.941 bits per heavy atom. The molecule has 4 aliphatic rings. The minimum absolute atomic E-state index is 0.547. The maximum Gasteiger partial charge on any atom is 0.0267 e. The van der Waals surface area contributed by atoms with Gasteiger partial charge in [-0.1, -0.05) is 13.8 Å². The summed E-state index contributed by atoms with van der Waals surface area (Å²) in [6, 6.07) is 0. The van der Waals surface area contributed by atoms with Crippen molar-refractivity contribution in [3.63, 3.8) is 0 Å². The van der Waals surface area contributed by atoms with Gasteiger partial charge in [0, 0.05) is 5.54 Å². The van der Waals surface area contributed by atoms with Crippen LogP contribution in [-0.2, 0) is 0 Å². The lowest BCUT2D eigenvalue weighted by atomic mass is 9.40. The highest BCUT2D eigenvalue weighted by molar-refractivity contribution is 5.17. The van der Waals surface area contributed by atoms with Gasteiger partial charge in [-0.2, -0.15) is 0 Å². The molecule has 4 rings (SSSR count). The Hall–Kier alpha value is -0.0400. The molecule has 4 aliphatic carbocycles. The van der Waals surface area contributed by atoms with E-state index in [0.29, 0.717) is 11.0 Å². The van der Waals surface area contributed by atoms with Crippen molar-refractivity contribution in [1.29, 1.82) is 0 Å². The van der Waals surface area contributed by atoms with Gasteiger partial charge in [0.25, 0.3) is 0 Å². The SMILES string of the molecule is CCC1(CC)C2CC3CC(C2)CC1(N(C)C)C3. The molecule has 0 aromatic carbocycles. The van der Waals surface area contributed by atoms with Gasteiger partial charge in [0.2, 0.25) is 0 Å². The molecule has 4 saturated carbocycles. The van der Waals surface area contributed by atoms with Crippen LogP contribution in [-0.4, -0.2) is 24.5 Å². The van der Waals surface area contributed by atoms with Gasteiger partial charge in [-0.15, -0.1) is 0 Å². The van der Waals surface area contributed by atoms with Crippen LogP contribution in [0.3, 0.4) is 0 Å². The monoisotopic (exact) mass is 235 g/mol. The second-order valence-electron chi connectivity index (χ2n) is 7.33. The van der Waals surface area contributed by atoms with E-state index >= 15 is 0 Å². The zero-order valence-electron chi connectivity index (χ0n) is 12.1. The highest BCUT2D eigenvalue weighted by Crippen LogP contribution is 2.67. The smallest absolute Gasteiger partial charge is 0.0267 e. The number of rotatable bonds is 3. The summed E-state index contributed by atoms with van der Waals surface area (Å²) in [5.74, 6) is 3.15. The molecule has 0 N–H and O–H groups in total. The maximum atomic E-state index is 2.63. The van der Waals surface area contributed by atoms with Crippen LogP contribution >= 0.6 is 0 Å². The summed E-state index contributed by atoms with van der Waals surface area (Å²) in [6.45, 7) is 4.91. The Morgan fingerprint density at radius 2 is 1.47 bits per heavy atom. The van der Waals surface area contributed by atoms with Crippen molar-refractivity contribution in [2.75, 3.05) is 14.1 Å². The molecule has 0 amide bonds. The van der Waals surface area contributed by atoms with Crippen LogP contribution in [0.4, 0.5) is 0 Å². The minimum Gasteiger partial charge on any atom is -0.303 e. The summed E-state index contributed by atoms with van der Waals surface area (Å²) < 4.78 is 0. The largest absolute Gasteiger partial charge is 0.303 e. The summed E-state index contributed by atoms with van der Waals surface area (Å²) in [7, 11) is 4.71. The van der Waals surface area contributed by atoms with E-state index in [2.05, 4.69) is 32.8 Å². The van der Waals surface area contributed by atoms with E-state index in [-0.39, 0.29) is 0 Å². The van der Waals surface area contributed by atoms with E-state index in [1.165, 1.54) is 25.7 Å². The van der Waals surface area contributed by atoms with Crippen molar-refractivity contribution in [1.82, 2.24) is 4.90 Å². The lowest BCUT2D eigenvalue weighted by Gasteiger charge is -2.70. The number of hydrogen-bond acceptors (Lipinski definition) is 1. The summed E-state index contributed by atoms with van der Waals surface area (Å²) in [6.07, 6.45) is 10.4. The molecule has 2 unspecified atom stereocenters. The fourth-order valence-electron chi connectivity index (χ4n) is 6.47. The first-order valence-electron chi connectivity index (χ1n) is 7.75. The molecule has 0 aromatic rings. The third-order valence-electron chi connectivity index (χ3n) is 6.98. The highest BCUT2D eigenvalue weighted by Gasteiger charge is 2.64. The predicted molar refractivity (Wildman–Crippen MR) is 73.0 cm³/mol. The molecule has 0 saturated heterocycles. The lowest BCUT2D eigenvalue weighted by molar-refractivity contribution is -0.186. The Kier molecular flexibility index (Phi) is 2.63. The molecule has 1 heteroatoms. The molecule has 1 nitrogen and oxygen atoms in total. The highest BCUT2D eigenvalue weighted by atomic mass is 15.2. The molecule has 0 spiro atoms. The maximum absolute atomic E-state index is 2.63. The molecule has 0 aliphatic heterocycles. The molecule has 98 valence electrons. The van der Waals surface area contributed by atoms with Crippen LogP contribution in [0.2, 0.25) is 0 Å². The molecule has 0 aromatic heterocycles. The van der Waals surface area contributed by atoms with E-state index < -0.39 is 0 Å². The molecule has 17 heavy (non-hydrogen) atoms. The summed E-state index contributed by atoms with van der Waals surface area (Å²) in [5, 5.41) is 0. The molecular formula is C16H29N. The Balaban J connectivity index is 2.07. The third-order valence-corrected chi connectivity index (χ3v) is 6.98. The van der Waals surface area contributed by atoms with Gasteiger partial charge in [-0.25, -0.2) is 0 Å².